The predicted octanol–water partition coefficient (Wildman–Crippen LogP) is 3.51. The minimum Gasteiger partial charge on any atom is -0.481 e. The smallest absolute Gasteiger partial charge is 0.303 e. The molecule has 0 saturated carbocycles. The molecule has 20 heavy (non-hydrogen) atoms. The second-order valence-corrected chi connectivity index (χ2v) is 5.88. The first-order valence-corrected chi connectivity index (χ1v) is 7.74. The zero-order chi connectivity index (χ0) is 14.4. The maximum absolute atomic E-state index is 10.7. The van der Waals surface area contributed by atoms with Crippen LogP contribution in [0.5, 0.6) is 0 Å². The Balaban J connectivity index is 1.99. The summed E-state index contributed by atoms with van der Waals surface area (Å²) in [5, 5.41) is 9.90. The van der Waals surface area contributed by atoms with Crippen molar-refractivity contribution >= 4 is 17.3 Å². The van der Waals surface area contributed by atoms with Crippen molar-refractivity contribution in [3.05, 3.63) is 51.5 Å². The molecule has 0 radical (unpaired) electrons. The summed E-state index contributed by atoms with van der Waals surface area (Å²) in [7, 11) is 0. The first-order chi connectivity index (χ1) is 9.69. The molecule has 0 aliphatic heterocycles. The number of aliphatic carboxylic acids is 1. The van der Waals surface area contributed by atoms with Crippen molar-refractivity contribution in [3.8, 4) is 0 Å². The number of rotatable bonds is 7. The number of hydrogen-bond donors (Lipinski definition) is 1. The van der Waals surface area contributed by atoms with Gasteiger partial charge in [-0.3, -0.25) is 4.79 Å². The Morgan fingerprint density at radius 3 is 2.60 bits per heavy atom. The van der Waals surface area contributed by atoms with E-state index >= 15 is 0 Å². The van der Waals surface area contributed by atoms with E-state index in [9.17, 15) is 4.79 Å². The van der Waals surface area contributed by atoms with Gasteiger partial charge in [0.05, 0.1) is 17.1 Å². The van der Waals surface area contributed by atoms with Crippen LogP contribution in [0.4, 0.5) is 0 Å². The third kappa shape index (κ3) is 4.17. The lowest BCUT2D eigenvalue weighted by Crippen LogP contribution is -1.98. The van der Waals surface area contributed by atoms with Crippen molar-refractivity contribution < 1.29 is 9.90 Å². The Morgan fingerprint density at radius 2 is 1.95 bits per heavy atom. The molecular weight excluding hydrogens is 270 g/mol. The number of carboxylic acids is 1. The summed E-state index contributed by atoms with van der Waals surface area (Å²) in [5.74, 6) is -0.744. The monoisotopic (exact) mass is 289 g/mol. The topological polar surface area (TPSA) is 50.2 Å². The molecule has 0 unspecified atom stereocenters. The van der Waals surface area contributed by atoms with Gasteiger partial charge in [-0.05, 0) is 24.8 Å². The molecule has 4 heteroatoms. The van der Waals surface area contributed by atoms with Crippen molar-refractivity contribution in [3.63, 3.8) is 0 Å². The van der Waals surface area contributed by atoms with Gasteiger partial charge in [-0.2, -0.15) is 0 Å². The highest BCUT2D eigenvalue weighted by Gasteiger charge is 2.11. The third-order valence-corrected chi connectivity index (χ3v) is 4.41. The zero-order valence-electron chi connectivity index (χ0n) is 11.6. The maximum atomic E-state index is 10.7. The molecule has 0 aliphatic carbocycles. The van der Waals surface area contributed by atoms with Gasteiger partial charge in [-0.15, -0.1) is 11.3 Å². The second kappa shape index (κ2) is 7.20. The molecular formula is C16H19NO2S. The molecule has 0 atom stereocenters. The fourth-order valence-corrected chi connectivity index (χ4v) is 3.29. The van der Waals surface area contributed by atoms with Crippen LogP contribution in [0.1, 0.15) is 34.5 Å². The van der Waals surface area contributed by atoms with Crippen LogP contribution in [0.3, 0.4) is 0 Å². The van der Waals surface area contributed by atoms with E-state index < -0.39 is 5.97 Å². The standard InChI is InChI=1S/C16H19NO2S/c1-2-13-14(9-11-16(18)19)20-15(17-13)10-8-12-6-4-3-5-7-12/h3-7H,2,8-11H2,1H3,(H,18,19). The van der Waals surface area contributed by atoms with E-state index in [1.165, 1.54) is 5.56 Å². The van der Waals surface area contributed by atoms with E-state index in [1.54, 1.807) is 11.3 Å². The fourth-order valence-electron chi connectivity index (χ4n) is 2.13. The maximum Gasteiger partial charge on any atom is 0.303 e. The summed E-state index contributed by atoms with van der Waals surface area (Å²) in [6.45, 7) is 2.07. The second-order valence-electron chi connectivity index (χ2n) is 4.71. The summed E-state index contributed by atoms with van der Waals surface area (Å²) in [6.07, 6.45) is 3.57. The van der Waals surface area contributed by atoms with Crippen LogP contribution in [0.15, 0.2) is 30.3 Å². The Hall–Kier alpha value is -1.68. The average molecular weight is 289 g/mol. The average Bonchev–Trinajstić information content (AvgIpc) is 2.86. The summed E-state index contributed by atoms with van der Waals surface area (Å²) in [6, 6.07) is 10.4. The molecule has 2 rings (SSSR count). The lowest BCUT2D eigenvalue weighted by Gasteiger charge is -1.97. The number of aromatic nitrogens is 1. The number of hydrogen-bond acceptors (Lipinski definition) is 3. The van der Waals surface area contributed by atoms with Crippen LogP contribution < -0.4 is 0 Å². The van der Waals surface area contributed by atoms with Gasteiger partial charge in [0.25, 0.3) is 0 Å². The SMILES string of the molecule is CCc1nc(CCc2ccccc2)sc1CCC(=O)O. The van der Waals surface area contributed by atoms with E-state index in [2.05, 4.69) is 24.0 Å². The third-order valence-electron chi connectivity index (χ3n) is 3.19. The quantitative estimate of drug-likeness (QED) is 0.848. The van der Waals surface area contributed by atoms with Gasteiger partial charge in [0.2, 0.25) is 0 Å². The molecule has 3 nitrogen and oxygen atoms in total. The van der Waals surface area contributed by atoms with Crippen LogP contribution >= 0.6 is 11.3 Å². The number of benzene rings is 1. The van der Waals surface area contributed by atoms with Gasteiger partial charge in [-0.1, -0.05) is 37.3 Å². The van der Waals surface area contributed by atoms with Gasteiger partial charge in [-0.25, -0.2) is 4.98 Å². The molecule has 0 fully saturated rings. The lowest BCUT2D eigenvalue weighted by molar-refractivity contribution is -0.136. The summed E-state index contributed by atoms with van der Waals surface area (Å²) >= 11 is 1.67. The van der Waals surface area contributed by atoms with E-state index in [0.29, 0.717) is 6.42 Å². The van der Waals surface area contributed by atoms with Crippen molar-refractivity contribution in [1.29, 1.82) is 0 Å². The van der Waals surface area contributed by atoms with E-state index in [4.69, 9.17) is 5.11 Å². The minimum absolute atomic E-state index is 0.188. The number of aryl methyl sites for hydroxylation is 4. The molecule has 2 aromatic rings. The first-order valence-electron chi connectivity index (χ1n) is 6.92. The van der Waals surface area contributed by atoms with Crippen LogP contribution in [-0.2, 0) is 30.5 Å². The van der Waals surface area contributed by atoms with E-state index in [1.807, 2.05) is 18.2 Å². The summed E-state index contributed by atoms with van der Waals surface area (Å²) in [5.41, 5.74) is 2.38. The molecule has 1 aromatic carbocycles. The number of nitrogens with zero attached hydrogens (tertiary/aromatic N) is 1. The lowest BCUT2D eigenvalue weighted by atomic mass is 10.1. The molecule has 0 bridgehead atoms. The molecule has 1 N–H and O–H groups in total. The normalized spacial score (nSPS) is 10.7. The number of carbonyl (C=O) groups is 1. The molecule has 0 spiro atoms. The Morgan fingerprint density at radius 1 is 1.20 bits per heavy atom. The molecule has 106 valence electrons. The Bertz CT molecular complexity index is 563. The fraction of sp³-hybridized carbons (Fsp3) is 0.375. The molecule has 0 aliphatic rings. The highest BCUT2D eigenvalue weighted by molar-refractivity contribution is 7.11. The van der Waals surface area contributed by atoms with Crippen LogP contribution in [0, 0.1) is 0 Å². The number of thiazole rings is 1. The van der Waals surface area contributed by atoms with Gasteiger partial charge in [0, 0.05) is 11.3 Å². The predicted molar refractivity (Wildman–Crippen MR) is 81.3 cm³/mol. The molecule has 1 heterocycles. The number of carboxylic acid groups (broad SMARTS) is 1. The Labute approximate surface area is 123 Å². The Kier molecular flexibility index (Phi) is 5.30. The highest BCUT2D eigenvalue weighted by atomic mass is 32.1. The van der Waals surface area contributed by atoms with Crippen molar-refractivity contribution in [2.45, 2.75) is 39.0 Å². The van der Waals surface area contributed by atoms with Crippen molar-refractivity contribution in [1.82, 2.24) is 4.98 Å². The zero-order valence-corrected chi connectivity index (χ0v) is 12.4. The van der Waals surface area contributed by atoms with Gasteiger partial charge < -0.3 is 5.11 Å². The summed E-state index contributed by atoms with van der Waals surface area (Å²) in [4.78, 5) is 16.5. The largest absolute Gasteiger partial charge is 0.481 e. The van der Waals surface area contributed by atoms with Gasteiger partial charge >= 0.3 is 5.97 Å². The first kappa shape index (κ1) is 14.7. The van der Waals surface area contributed by atoms with Crippen molar-refractivity contribution in [2.24, 2.45) is 0 Å². The molecule has 0 saturated heterocycles. The molecule has 1 aromatic heterocycles. The van der Waals surface area contributed by atoms with E-state index in [0.717, 1.165) is 34.8 Å². The van der Waals surface area contributed by atoms with Crippen LogP contribution in [0.25, 0.3) is 0 Å². The van der Waals surface area contributed by atoms with E-state index in [-0.39, 0.29) is 6.42 Å². The summed E-state index contributed by atoms with van der Waals surface area (Å²) < 4.78 is 0. The van der Waals surface area contributed by atoms with Gasteiger partial charge in [0.15, 0.2) is 0 Å². The molecule has 0 amide bonds. The highest BCUT2D eigenvalue weighted by Crippen LogP contribution is 2.22. The van der Waals surface area contributed by atoms with Crippen LogP contribution in [-0.4, -0.2) is 16.1 Å². The van der Waals surface area contributed by atoms with Crippen LogP contribution in [0.2, 0.25) is 0 Å². The van der Waals surface area contributed by atoms with Gasteiger partial charge in [0.1, 0.15) is 0 Å². The minimum atomic E-state index is -0.744. The van der Waals surface area contributed by atoms with Crippen molar-refractivity contribution in [2.75, 3.05) is 0 Å².